The van der Waals surface area contributed by atoms with E-state index in [1.54, 1.807) is 24.3 Å². The van der Waals surface area contributed by atoms with E-state index in [4.69, 9.17) is 14.6 Å². The van der Waals surface area contributed by atoms with Crippen LogP contribution in [-0.4, -0.2) is 24.5 Å². The van der Waals surface area contributed by atoms with Crippen molar-refractivity contribution < 1.29 is 37.3 Å². The number of fused-ring (bicyclic) bond motifs is 1. The van der Waals surface area contributed by atoms with E-state index in [9.17, 15) is 18.0 Å². The fourth-order valence-electron chi connectivity index (χ4n) is 3.97. The number of aliphatic carboxylic acids is 1. The molecule has 0 spiro atoms. The number of carbonyl (C=O) groups is 1. The molecule has 0 bridgehead atoms. The van der Waals surface area contributed by atoms with Gasteiger partial charge in [0, 0.05) is 17.5 Å². The molecule has 0 aromatic heterocycles. The van der Waals surface area contributed by atoms with Gasteiger partial charge in [-0.15, -0.1) is 13.2 Å². The molecule has 0 amide bonds. The fourth-order valence-corrected chi connectivity index (χ4v) is 3.97. The summed E-state index contributed by atoms with van der Waals surface area (Å²) in [5.74, 6) is -0.434. The molecule has 2 aromatic rings. The lowest BCUT2D eigenvalue weighted by atomic mass is 10.1. The van der Waals surface area contributed by atoms with Gasteiger partial charge < -0.3 is 19.3 Å². The molecule has 1 saturated carbocycles. The van der Waals surface area contributed by atoms with E-state index in [-0.39, 0.29) is 11.7 Å². The third kappa shape index (κ3) is 3.97. The lowest BCUT2D eigenvalue weighted by Gasteiger charge is -2.18. The highest BCUT2D eigenvalue weighted by atomic mass is 19.4. The number of alkyl halides is 3. The molecule has 0 heterocycles. The average Bonchev–Trinajstić information content (AvgIpc) is 3.36. The number of rotatable bonds is 6. The third-order valence-corrected chi connectivity index (χ3v) is 5.39. The minimum absolute atomic E-state index is 0.0780. The molecule has 0 saturated heterocycles. The maximum Gasteiger partial charge on any atom is 0.573 e. The van der Waals surface area contributed by atoms with E-state index >= 15 is 0 Å². The first-order chi connectivity index (χ1) is 13.8. The Kier molecular flexibility index (Phi) is 4.80. The van der Waals surface area contributed by atoms with Crippen molar-refractivity contribution in [3.63, 3.8) is 0 Å². The van der Waals surface area contributed by atoms with Gasteiger partial charge in [-0.1, -0.05) is 18.2 Å². The predicted octanol–water partition coefficient (Wildman–Crippen LogP) is 4.85. The van der Waals surface area contributed by atoms with Crippen molar-refractivity contribution in [2.45, 2.75) is 37.6 Å². The van der Waals surface area contributed by atoms with Crippen molar-refractivity contribution in [3.8, 4) is 17.2 Å². The number of methoxy groups -OCH3 is 1. The number of ether oxygens (including phenoxy) is 3. The Bertz CT molecular complexity index is 940. The number of carboxylic acids is 1. The summed E-state index contributed by atoms with van der Waals surface area (Å²) in [6, 6.07) is 9.79. The maximum absolute atomic E-state index is 12.6. The first-order valence-corrected chi connectivity index (χ1v) is 9.21. The van der Waals surface area contributed by atoms with Crippen molar-refractivity contribution in [3.05, 3.63) is 53.1 Å². The summed E-state index contributed by atoms with van der Waals surface area (Å²) < 4.78 is 53.4. The van der Waals surface area contributed by atoms with Crippen LogP contribution in [0, 0.1) is 5.92 Å². The summed E-state index contributed by atoms with van der Waals surface area (Å²) in [6.45, 7) is 0. The van der Waals surface area contributed by atoms with E-state index in [0.717, 1.165) is 5.56 Å². The van der Waals surface area contributed by atoms with Crippen LogP contribution in [0.3, 0.4) is 0 Å². The molecule has 1 fully saturated rings. The Hall–Kier alpha value is -2.90. The molecule has 5 nitrogen and oxygen atoms in total. The van der Waals surface area contributed by atoms with Crippen molar-refractivity contribution in [1.29, 1.82) is 0 Å². The van der Waals surface area contributed by atoms with Gasteiger partial charge in [0.2, 0.25) is 0 Å². The van der Waals surface area contributed by atoms with Crippen molar-refractivity contribution in [2.24, 2.45) is 5.92 Å². The molecule has 0 unspecified atom stereocenters. The average molecular weight is 408 g/mol. The summed E-state index contributed by atoms with van der Waals surface area (Å²) in [5.41, 5.74) is 1.99. The van der Waals surface area contributed by atoms with E-state index < -0.39 is 24.4 Å². The van der Waals surface area contributed by atoms with Crippen LogP contribution in [-0.2, 0) is 11.2 Å². The largest absolute Gasteiger partial charge is 0.573 e. The van der Waals surface area contributed by atoms with E-state index in [0.29, 0.717) is 41.9 Å². The molecule has 4 rings (SSSR count). The van der Waals surface area contributed by atoms with Gasteiger partial charge in [-0.25, -0.2) is 0 Å². The molecule has 3 atom stereocenters. The minimum Gasteiger partial charge on any atom is -0.496 e. The molecule has 0 aliphatic heterocycles. The number of benzene rings is 2. The second-order valence-electron chi connectivity index (χ2n) is 7.21. The van der Waals surface area contributed by atoms with Gasteiger partial charge in [0.05, 0.1) is 13.0 Å². The van der Waals surface area contributed by atoms with Crippen molar-refractivity contribution in [2.75, 3.05) is 7.11 Å². The van der Waals surface area contributed by atoms with E-state index in [2.05, 4.69) is 4.74 Å². The Morgan fingerprint density at radius 2 is 1.93 bits per heavy atom. The van der Waals surface area contributed by atoms with Gasteiger partial charge >= 0.3 is 12.3 Å². The van der Waals surface area contributed by atoms with Crippen molar-refractivity contribution >= 4 is 5.97 Å². The van der Waals surface area contributed by atoms with E-state index in [1.807, 2.05) is 0 Å². The summed E-state index contributed by atoms with van der Waals surface area (Å²) in [4.78, 5) is 11.1. The first-order valence-electron chi connectivity index (χ1n) is 9.21. The maximum atomic E-state index is 12.6. The van der Waals surface area contributed by atoms with Gasteiger partial charge in [0.1, 0.15) is 23.4 Å². The molecule has 154 valence electrons. The summed E-state index contributed by atoms with van der Waals surface area (Å²) >= 11 is 0. The Labute approximate surface area is 165 Å². The number of hydrogen-bond donors (Lipinski definition) is 1. The predicted molar refractivity (Wildman–Crippen MR) is 96.3 cm³/mol. The fraction of sp³-hybridized carbons (Fsp3) is 0.381. The van der Waals surface area contributed by atoms with E-state index in [1.165, 1.54) is 19.2 Å². The Morgan fingerprint density at radius 1 is 1.14 bits per heavy atom. The van der Waals surface area contributed by atoms with Crippen LogP contribution in [0.5, 0.6) is 17.2 Å². The zero-order valence-electron chi connectivity index (χ0n) is 15.5. The van der Waals surface area contributed by atoms with Crippen LogP contribution in [0.4, 0.5) is 13.2 Å². The lowest BCUT2D eigenvalue weighted by Crippen LogP contribution is -2.18. The molecule has 8 heteroatoms. The van der Waals surface area contributed by atoms with Crippen LogP contribution < -0.4 is 14.2 Å². The molecular weight excluding hydrogens is 389 g/mol. The summed E-state index contributed by atoms with van der Waals surface area (Å²) in [6.07, 6.45) is -3.62. The standard InChI is InChI=1S/C21H19F3O5/c1-27-19-9-11(5-6-14(19)15-10-16(15)20(25)26)28-17-8-7-13-12(17)3-2-4-18(13)29-21(22,23)24/h2-6,9,15-17H,7-8,10H2,1H3,(H,25,26)/t15-,16+,17+/m0/s1. The second-order valence-corrected chi connectivity index (χ2v) is 7.21. The highest BCUT2D eigenvalue weighted by molar-refractivity contribution is 5.75. The quantitative estimate of drug-likeness (QED) is 0.740. The monoisotopic (exact) mass is 408 g/mol. The van der Waals surface area contributed by atoms with Crippen LogP contribution in [0.1, 0.15) is 41.6 Å². The van der Waals surface area contributed by atoms with Gasteiger partial charge in [0.15, 0.2) is 0 Å². The van der Waals surface area contributed by atoms with Gasteiger partial charge in [-0.05, 0) is 42.5 Å². The molecule has 2 aliphatic carbocycles. The number of halogens is 3. The molecular formula is C21H19F3O5. The summed E-state index contributed by atoms with van der Waals surface area (Å²) in [5, 5.41) is 9.13. The SMILES string of the molecule is COc1cc(O[C@@H]2CCc3c(OC(F)(F)F)cccc32)ccc1[C@@H]1C[C@H]1C(=O)O. The zero-order chi connectivity index (χ0) is 20.8. The number of hydrogen-bond acceptors (Lipinski definition) is 4. The van der Waals surface area contributed by atoms with Crippen LogP contribution in [0.25, 0.3) is 0 Å². The summed E-state index contributed by atoms with van der Waals surface area (Å²) in [7, 11) is 1.51. The topological polar surface area (TPSA) is 65.0 Å². The smallest absolute Gasteiger partial charge is 0.496 e. The number of carboxylic acid groups (broad SMARTS) is 1. The normalized spacial score (nSPS) is 22.7. The van der Waals surface area contributed by atoms with Gasteiger partial charge in [-0.2, -0.15) is 0 Å². The molecule has 2 aromatic carbocycles. The van der Waals surface area contributed by atoms with Gasteiger partial charge in [-0.3, -0.25) is 4.79 Å². The highest BCUT2D eigenvalue weighted by Gasteiger charge is 2.45. The Balaban J connectivity index is 1.53. The Morgan fingerprint density at radius 3 is 2.59 bits per heavy atom. The molecule has 0 radical (unpaired) electrons. The van der Waals surface area contributed by atoms with Gasteiger partial charge in [0.25, 0.3) is 0 Å². The molecule has 1 N–H and O–H groups in total. The second kappa shape index (κ2) is 7.17. The lowest BCUT2D eigenvalue weighted by molar-refractivity contribution is -0.274. The van der Waals surface area contributed by atoms with Crippen LogP contribution in [0.15, 0.2) is 36.4 Å². The van der Waals surface area contributed by atoms with Crippen LogP contribution >= 0.6 is 0 Å². The third-order valence-electron chi connectivity index (χ3n) is 5.39. The van der Waals surface area contributed by atoms with Crippen LogP contribution in [0.2, 0.25) is 0 Å². The van der Waals surface area contributed by atoms with Crippen molar-refractivity contribution in [1.82, 2.24) is 0 Å². The molecule has 2 aliphatic rings. The first kappa shape index (κ1) is 19.4. The highest BCUT2D eigenvalue weighted by Crippen LogP contribution is 2.51. The minimum atomic E-state index is -4.74. The zero-order valence-corrected chi connectivity index (χ0v) is 15.5. The molecule has 29 heavy (non-hydrogen) atoms.